The van der Waals surface area contributed by atoms with Gasteiger partial charge in [0.2, 0.25) is 10.0 Å². The van der Waals surface area contributed by atoms with E-state index in [1.54, 1.807) is 42.8 Å². The molecule has 1 saturated heterocycles. The minimum atomic E-state index is -3.81. The molecule has 0 saturated carbocycles. The molecule has 8 nitrogen and oxygen atoms in total. The number of fused-ring (bicyclic) bond motifs is 1. The molecule has 4 rings (SSSR count). The first-order valence-corrected chi connectivity index (χ1v) is 13.7. The van der Waals surface area contributed by atoms with Crippen LogP contribution < -0.4 is 4.74 Å². The molecule has 0 bridgehead atoms. The average molecular weight is 530 g/mol. The second kappa shape index (κ2) is 10.6. The first-order chi connectivity index (χ1) is 17.5. The van der Waals surface area contributed by atoms with Crippen LogP contribution in [0.15, 0.2) is 60.0 Å². The van der Waals surface area contributed by atoms with Crippen LogP contribution in [-0.2, 0) is 26.0 Å². The zero-order valence-electron chi connectivity index (χ0n) is 21.4. The van der Waals surface area contributed by atoms with Crippen molar-refractivity contribution in [3.05, 3.63) is 66.6 Å². The van der Waals surface area contributed by atoms with Crippen molar-refractivity contribution in [1.82, 2.24) is 14.1 Å². The molecule has 0 aliphatic carbocycles. The molecule has 0 radical (unpaired) electrons. The first kappa shape index (κ1) is 26.8. The highest BCUT2D eigenvalue weighted by atomic mass is 32.2. The van der Waals surface area contributed by atoms with E-state index < -0.39 is 27.9 Å². The third-order valence-electron chi connectivity index (χ3n) is 6.17. The van der Waals surface area contributed by atoms with Crippen LogP contribution >= 0.6 is 0 Å². The quantitative estimate of drug-likeness (QED) is 0.299. The number of ether oxygens (including phenoxy) is 2. The number of hydrogen-bond donors (Lipinski definition) is 0. The van der Waals surface area contributed by atoms with Gasteiger partial charge in [0.1, 0.15) is 11.6 Å². The molecule has 0 unspecified atom stereocenters. The summed E-state index contributed by atoms with van der Waals surface area (Å²) >= 11 is 0. The summed E-state index contributed by atoms with van der Waals surface area (Å²) in [7, 11) is -3.81. The Morgan fingerprint density at radius 2 is 1.84 bits per heavy atom. The molecule has 1 aromatic heterocycles. The van der Waals surface area contributed by atoms with Crippen LogP contribution in [0.3, 0.4) is 0 Å². The molecule has 198 valence electrons. The molecule has 2 aromatic carbocycles. The van der Waals surface area contributed by atoms with Gasteiger partial charge in [0.15, 0.2) is 0 Å². The Hall–Kier alpha value is -3.24. The summed E-state index contributed by atoms with van der Waals surface area (Å²) in [5, 5.41) is 5.27. The van der Waals surface area contributed by atoms with Crippen LogP contribution in [0, 0.1) is 11.7 Å². The lowest BCUT2D eigenvalue weighted by Crippen LogP contribution is -2.29. The molecule has 2 atom stereocenters. The Morgan fingerprint density at radius 3 is 2.46 bits per heavy atom. The van der Waals surface area contributed by atoms with Crippen molar-refractivity contribution in [3.63, 3.8) is 0 Å². The number of aromatic nitrogens is 2. The summed E-state index contributed by atoms with van der Waals surface area (Å²) in [6, 6.07) is 10.1. The van der Waals surface area contributed by atoms with Crippen LogP contribution in [0.25, 0.3) is 10.9 Å². The van der Waals surface area contributed by atoms with Gasteiger partial charge in [0.05, 0.1) is 40.8 Å². The number of carbonyl (C=O) groups excluding carboxylic acids is 1. The standard InChI is InChI=1S/C27H32FN3O5S/c1-6-19-15-30(37(33,34)22-10-8-21(9-11-22)35-17(2)3)16-26(19)31-25-13-20(28)7-12-23(25)24(29-31)14-27(32)36-18(4)5/h6-13,17-19,26H,1,14-16H2,2-5H3/t19-,26+/m1/s1. The van der Waals surface area contributed by atoms with E-state index in [4.69, 9.17) is 9.47 Å². The molecule has 0 spiro atoms. The number of nitrogens with zero attached hydrogens (tertiary/aromatic N) is 3. The Labute approximate surface area is 216 Å². The molecule has 1 aliphatic heterocycles. The highest BCUT2D eigenvalue weighted by Crippen LogP contribution is 2.36. The maximum Gasteiger partial charge on any atom is 0.312 e. The van der Waals surface area contributed by atoms with Gasteiger partial charge in [-0.25, -0.2) is 12.8 Å². The van der Waals surface area contributed by atoms with Gasteiger partial charge >= 0.3 is 5.97 Å². The van der Waals surface area contributed by atoms with Crippen LogP contribution in [0.2, 0.25) is 0 Å². The minimum Gasteiger partial charge on any atom is -0.491 e. The van der Waals surface area contributed by atoms with Gasteiger partial charge < -0.3 is 9.47 Å². The zero-order valence-corrected chi connectivity index (χ0v) is 22.2. The smallest absolute Gasteiger partial charge is 0.312 e. The van der Waals surface area contributed by atoms with Gasteiger partial charge in [-0.15, -0.1) is 6.58 Å². The Bertz CT molecular complexity index is 1400. The van der Waals surface area contributed by atoms with E-state index in [9.17, 15) is 17.6 Å². The molecular weight excluding hydrogens is 497 g/mol. The summed E-state index contributed by atoms with van der Waals surface area (Å²) in [5.74, 6) is -0.580. The molecule has 1 aliphatic rings. The van der Waals surface area contributed by atoms with E-state index in [1.165, 1.54) is 28.6 Å². The molecular formula is C27H32FN3O5S. The second-order valence-electron chi connectivity index (χ2n) is 9.70. The van der Waals surface area contributed by atoms with Gasteiger partial charge in [-0.3, -0.25) is 9.48 Å². The SMILES string of the molecule is C=C[C@@H]1CN(S(=O)(=O)c2ccc(OC(C)C)cc2)C[C@@H]1n1nc(CC(=O)OC(C)C)c2ccc(F)cc21. The number of hydrogen-bond acceptors (Lipinski definition) is 6. The normalized spacial score (nSPS) is 18.6. The largest absolute Gasteiger partial charge is 0.491 e. The topological polar surface area (TPSA) is 90.7 Å². The lowest BCUT2D eigenvalue weighted by atomic mass is 10.0. The number of esters is 1. The number of rotatable bonds is 9. The van der Waals surface area contributed by atoms with Gasteiger partial charge in [-0.05, 0) is 70.2 Å². The van der Waals surface area contributed by atoms with Gasteiger partial charge in [-0.1, -0.05) is 6.08 Å². The molecule has 2 heterocycles. The van der Waals surface area contributed by atoms with Crippen molar-refractivity contribution in [2.24, 2.45) is 5.92 Å². The van der Waals surface area contributed by atoms with Crippen molar-refractivity contribution < 1.29 is 27.1 Å². The lowest BCUT2D eigenvalue weighted by Gasteiger charge is -2.18. The summed E-state index contributed by atoms with van der Waals surface area (Å²) in [4.78, 5) is 12.5. The zero-order chi connectivity index (χ0) is 26.9. The molecule has 10 heteroatoms. The molecule has 0 amide bonds. The minimum absolute atomic E-state index is 0.0269. The first-order valence-electron chi connectivity index (χ1n) is 12.2. The maximum atomic E-state index is 14.3. The summed E-state index contributed by atoms with van der Waals surface area (Å²) < 4.78 is 55.1. The second-order valence-corrected chi connectivity index (χ2v) is 11.6. The van der Waals surface area contributed by atoms with E-state index in [0.717, 1.165) is 0 Å². The van der Waals surface area contributed by atoms with Crippen molar-refractivity contribution in [3.8, 4) is 5.75 Å². The summed E-state index contributed by atoms with van der Waals surface area (Å²) in [6.07, 6.45) is 1.31. The predicted molar refractivity (Wildman–Crippen MR) is 138 cm³/mol. The van der Waals surface area contributed by atoms with E-state index in [0.29, 0.717) is 22.3 Å². The fourth-order valence-corrected chi connectivity index (χ4v) is 6.07. The van der Waals surface area contributed by atoms with E-state index >= 15 is 0 Å². The van der Waals surface area contributed by atoms with Crippen molar-refractivity contribution >= 4 is 26.9 Å². The van der Waals surface area contributed by atoms with Crippen LogP contribution in [-0.4, -0.2) is 53.8 Å². The van der Waals surface area contributed by atoms with Gasteiger partial charge in [0.25, 0.3) is 0 Å². The number of halogens is 1. The molecule has 3 aromatic rings. The van der Waals surface area contributed by atoms with Crippen LogP contribution in [0.4, 0.5) is 4.39 Å². The lowest BCUT2D eigenvalue weighted by molar-refractivity contribution is -0.146. The van der Waals surface area contributed by atoms with E-state index in [2.05, 4.69) is 11.7 Å². The predicted octanol–water partition coefficient (Wildman–Crippen LogP) is 4.50. The van der Waals surface area contributed by atoms with Crippen LogP contribution in [0.5, 0.6) is 5.75 Å². The highest BCUT2D eigenvalue weighted by molar-refractivity contribution is 7.89. The fraction of sp³-hybridized carbons (Fsp3) is 0.407. The maximum absolute atomic E-state index is 14.3. The monoisotopic (exact) mass is 529 g/mol. The molecule has 37 heavy (non-hydrogen) atoms. The Balaban J connectivity index is 1.66. The van der Waals surface area contributed by atoms with E-state index in [-0.39, 0.29) is 42.5 Å². The summed E-state index contributed by atoms with van der Waals surface area (Å²) in [6.45, 7) is 11.5. The van der Waals surface area contributed by atoms with Gasteiger partial charge in [-0.2, -0.15) is 9.40 Å². The van der Waals surface area contributed by atoms with Gasteiger partial charge in [0, 0.05) is 24.4 Å². The van der Waals surface area contributed by atoms with Crippen molar-refractivity contribution in [2.75, 3.05) is 13.1 Å². The third kappa shape index (κ3) is 5.70. The Kier molecular flexibility index (Phi) is 7.70. The fourth-order valence-electron chi connectivity index (χ4n) is 4.57. The van der Waals surface area contributed by atoms with E-state index in [1.807, 2.05) is 13.8 Å². The number of sulfonamides is 1. The highest BCUT2D eigenvalue weighted by Gasteiger charge is 2.40. The summed E-state index contributed by atoms with van der Waals surface area (Å²) in [5.41, 5.74) is 0.934. The van der Waals surface area contributed by atoms with Crippen LogP contribution in [0.1, 0.15) is 39.4 Å². The number of carbonyl (C=O) groups is 1. The number of benzene rings is 2. The third-order valence-corrected chi connectivity index (χ3v) is 8.02. The molecule has 1 fully saturated rings. The molecule has 0 N–H and O–H groups in total. The van der Waals surface area contributed by atoms with Crippen molar-refractivity contribution in [1.29, 1.82) is 0 Å². The average Bonchev–Trinajstić information content (AvgIpc) is 3.40. The van der Waals surface area contributed by atoms with Crippen molar-refractivity contribution in [2.45, 2.75) is 57.3 Å². The Morgan fingerprint density at radius 1 is 1.14 bits per heavy atom.